The van der Waals surface area contributed by atoms with Crippen molar-refractivity contribution in [2.45, 2.75) is 67.2 Å². The lowest BCUT2D eigenvalue weighted by atomic mass is 9.75. The molecule has 5 heterocycles. The van der Waals surface area contributed by atoms with Gasteiger partial charge in [0.25, 0.3) is 9.05 Å². The monoisotopic (exact) mass is 661 g/mol. The number of allylic oxidation sites excluding steroid dienone is 1. The highest BCUT2D eigenvalue weighted by Crippen LogP contribution is 2.53. The van der Waals surface area contributed by atoms with E-state index in [1.54, 1.807) is 4.90 Å². The Balaban J connectivity index is 0.00000300. The predicted octanol–water partition coefficient (Wildman–Crippen LogP) is 0.451. The molecule has 5 aliphatic heterocycles. The van der Waals surface area contributed by atoms with E-state index >= 15 is 0 Å². The number of benzene rings is 2. The molecule has 2 fully saturated rings. The van der Waals surface area contributed by atoms with E-state index in [-0.39, 0.29) is 24.0 Å². The van der Waals surface area contributed by atoms with Crippen LogP contribution in [-0.4, -0.2) is 53.6 Å². The van der Waals surface area contributed by atoms with E-state index in [0.29, 0.717) is 5.57 Å². The van der Waals surface area contributed by atoms with Crippen LogP contribution in [-0.2, 0) is 32.0 Å². The van der Waals surface area contributed by atoms with Crippen LogP contribution in [0.4, 0.5) is 5.69 Å². The molecule has 2 atom stereocenters. The number of hydrogen-bond donors (Lipinski definition) is 1. The SMILES string of the molecule is O=S(=O)([O-])c1cc(S(=O)(=O)Cl)ccc1C1=C2C=C3CCC[NH+]4CCCC(=C2Oc2c1cc1c5c2CCCN5CCC1)C34.[Cl-]. The summed E-state index contributed by atoms with van der Waals surface area (Å²) >= 11 is 0. The van der Waals surface area contributed by atoms with Crippen molar-refractivity contribution in [3.8, 4) is 5.75 Å². The van der Waals surface area contributed by atoms with E-state index < -0.39 is 29.0 Å². The second kappa shape index (κ2) is 10.4. The minimum atomic E-state index is -5.07. The summed E-state index contributed by atoms with van der Waals surface area (Å²) in [6.07, 6.45) is 9.92. The molecule has 1 aliphatic carbocycles. The molecular weight excluding hydrogens is 631 g/mol. The van der Waals surface area contributed by atoms with Gasteiger partial charge in [0.2, 0.25) is 0 Å². The normalized spacial score (nSPS) is 24.1. The van der Waals surface area contributed by atoms with Crippen molar-refractivity contribution >= 4 is 41.1 Å². The first-order valence-electron chi connectivity index (χ1n) is 14.8. The van der Waals surface area contributed by atoms with Gasteiger partial charge in [-0.05, 0) is 73.9 Å². The highest BCUT2D eigenvalue weighted by molar-refractivity contribution is 8.13. The van der Waals surface area contributed by atoms with Crippen LogP contribution in [0.3, 0.4) is 0 Å². The fourth-order valence-electron chi connectivity index (χ4n) is 8.33. The largest absolute Gasteiger partial charge is 1.00 e. The fourth-order valence-corrected chi connectivity index (χ4v) is 9.89. The van der Waals surface area contributed by atoms with Gasteiger partial charge in [0.1, 0.15) is 27.7 Å². The Hall–Kier alpha value is -2.34. The van der Waals surface area contributed by atoms with Gasteiger partial charge in [0.05, 0.1) is 22.9 Å². The number of rotatable bonds is 3. The first-order chi connectivity index (χ1) is 20.1. The number of nitrogens with zero attached hydrogens (tertiary/aromatic N) is 1. The van der Waals surface area contributed by atoms with Crippen molar-refractivity contribution in [1.82, 2.24) is 0 Å². The molecule has 0 bridgehead atoms. The van der Waals surface area contributed by atoms with Gasteiger partial charge in [-0.2, -0.15) is 0 Å². The molecule has 43 heavy (non-hydrogen) atoms. The zero-order valence-electron chi connectivity index (χ0n) is 23.4. The van der Waals surface area contributed by atoms with Crippen molar-refractivity contribution in [3.05, 3.63) is 75.1 Å². The summed E-state index contributed by atoms with van der Waals surface area (Å²) in [5, 5.41) is 0. The molecule has 228 valence electrons. The van der Waals surface area contributed by atoms with Crippen molar-refractivity contribution in [1.29, 1.82) is 0 Å². The maximum atomic E-state index is 12.8. The maximum absolute atomic E-state index is 12.8. The number of quaternary nitrogens is 1. The molecule has 6 aliphatic rings. The molecule has 2 aromatic carbocycles. The van der Waals surface area contributed by atoms with Crippen LogP contribution in [0.15, 0.2) is 62.6 Å². The third-order valence-corrected chi connectivity index (χ3v) is 12.1. The smallest absolute Gasteiger partial charge is 0.261 e. The van der Waals surface area contributed by atoms with Gasteiger partial charge in [-0.1, -0.05) is 6.07 Å². The quantitative estimate of drug-likeness (QED) is 0.376. The second-order valence-electron chi connectivity index (χ2n) is 12.2. The van der Waals surface area contributed by atoms with Crippen LogP contribution in [0.1, 0.15) is 60.8 Å². The van der Waals surface area contributed by atoms with Gasteiger partial charge in [-0.3, -0.25) is 0 Å². The first kappa shape index (κ1) is 29.4. The van der Waals surface area contributed by atoms with E-state index in [1.807, 2.05) is 0 Å². The lowest BCUT2D eigenvalue weighted by molar-refractivity contribution is -0.922. The number of anilines is 1. The Morgan fingerprint density at radius 1 is 0.930 bits per heavy atom. The average molecular weight is 663 g/mol. The van der Waals surface area contributed by atoms with Gasteiger partial charge in [-0.25, -0.2) is 16.8 Å². The molecular formula is C31H31Cl2N2O6S2-. The van der Waals surface area contributed by atoms with E-state index in [4.69, 9.17) is 15.4 Å². The number of hydrogen-bond acceptors (Lipinski definition) is 7. The fraction of sp³-hybridized carbons (Fsp3) is 0.419. The maximum Gasteiger partial charge on any atom is 0.261 e. The molecule has 0 spiro atoms. The lowest BCUT2D eigenvalue weighted by Crippen LogP contribution is -3.18. The van der Waals surface area contributed by atoms with Crippen molar-refractivity contribution < 1.29 is 43.4 Å². The third-order valence-electron chi connectivity index (χ3n) is 9.89. The minimum Gasteiger partial charge on any atom is -1.00 e. The standard InChI is InChI=1S/C31H31ClN2O6S2.ClH/c32-41(35,36)20-9-10-21(26(17-20)42(37,38)39)27-24-15-18-5-1-11-33-13-3-7-22(28(18)33)30(24)40-31-23-8-4-14-34-12-2-6-19(29(23)34)16-25(27)31;/h9-10,15-17,28H,1-8,11-14H2,(H,37,38,39);1H/p-1. The van der Waals surface area contributed by atoms with Crippen molar-refractivity contribution in [2.75, 3.05) is 31.1 Å². The molecule has 12 heteroatoms. The molecule has 0 aromatic heterocycles. The molecule has 2 unspecified atom stereocenters. The Morgan fingerprint density at radius 2 is 1.67 bits per heavy atom. The molecule has 0 radical (unpaired) electrons. The Bertz CT molecular complexity index is 1890. The highest BCUT2D eigenvalue weighted by Gasteiger charge is 2.45. The number of aryl methyl sites for hydroxylation is 1. The van der Waals surface area contributed by atoms with E-state index in [9.17, 15) is 21.4 Å². The summed E-state index contributed by atoms with van der Waals surface area (Å²) in [6.45, 7) is 4.23. The van der Waals surface area contributed by atoms with Crippen molar-refractivity contribution in [3.63, 3.8) is 0 Å². The van der Waals surface area contributed by atoms with Crippen LogP contribution in [0.25, 0.3) is 5.57 Å². The Morgan fingerprint density at radius 3 is 2.42 bits per heavy atom. The highest BCUT2D eigenvalue weighted by atomic mass is 35.7. The zero-order valence-corrected chi connectivity index (χ0v) is 26.6. The number of ether oxygens (including phenoxy) is 1. The Kier molecular flexibility index (Phi) is 7.07. The summed E-state index contributed by atoms with van der Waals surface area (Å²) in [5.41, 5.74) is 8.50. The van der Waals surface area contributed by atoms with Gasteiger partial charge in [0, 0.05) is 75.7 Å². The molecule has 8 rings (SSSR count). The Labute approximate surface area is 262 Å². The van der Waals surface area contributed by atoms with Crippen LogP contribution in [0.5, 0.6) is 5.75 Å². The number of fused-ring (bicyclic) bond motifs is 3. The summed E-state index contributed by atoms with van der Waals surface area (Å²) < 4.78 is 69.7. The second-order valence-corrected chi connectivity index (χ2v) is 16.2. The predicted molar refractivity (Wildman–Crippen MR) is 157 cm³/mol. The third kappa shape index (κ3) is 4.59. The first-order valence-corrected chi connectivity index (χ1v) is 18.5. The van der Waals surface area contributed by atoms with Crippen molar-refractivity contribution in [2.24, 2.45) is 0 Å². The van der Waals surface area contributed by atoms with E-state index in [2.05, 4.69) is 17.0 Å². The number of halogens is 2. The summed E-state index contributed by atoms with van der Waals surface area (Å²) in [5.74, 6) is 1.52. The van der Waals surface area contributed by atoms with Gasteiger partial charge < -0.3 is 31.5 Å². The van der Waals surface area contributed by atoms with Gasteiger partial charge in [-0.15, -0.1) is 0 Å². The van der Waals surface area contributed by atoms with Crippen LogP contribution < -0.4 is 26.9 Å². The summed E-state index contributed by atoms with van der Waals surface area (Å²) in [7, 11) is -3.74. The number of piperidine rings is 2. The molecule has 0 saturated carbocycles. The van der Waals surface area contributed by atoms with E-state index in [0.717, 1.165) is 112 Å². The van der Waals surface area contributed by atoms with Gasteiger partial charge in [0.15, 0.2) is 0 Å². The van der Waals surface area contributed by atoms with Crippen LogP contribution in [0, 0.1) is 0 Å². The number of nitrogens with one attached hydrogen (secondary N) is 1. The minimum absolute atomic E-state index is 0. The lowest BCUT2D eigenvalue weighted by Gasteiger charge is -2.44. The van der Waals surface area contributed by atoms with Gasteiger partial charge >= 0.3 is 0 Å². The van der Waals surface area contributed by atoms with E-state index in [1.165, 1.54) is 34.5 Å². The summed E-state index contributed by atoms with van der Waals surface area (Å²) in [6, 6.07) is 6.00. The zero-order chi connectivity index (χ0) is 29.0. The van der Waals surface area contributed by atoms with Crippen LogP contribution >= 0.6 is 10.7 Å². The average Bonchev–Trinajstić information content (AvgIpc) is 2.96. The molecule has 1 N–H and O–H groups in total. The molecule has 8 nitrogen and oxygen atoms in total. The van der Waals surface area contributed by atoms with Crippen LogP contribution in [0.2, 0.25) is 0 Å². The molecule has 2 saturated heterocycles. The molecule has 0 amide bonds. The topological polar surface area (TPSA) is 108 Å². The molecule has 2 aromatic rings. The summed E-state index contributed by atoms with van der Waals surface area (Å²) in [4.78, 5) is 2.99.